The number of unbranched alkanes of at least 4 members (excludes halogenated alkanes) is 1. The molecule has 0 aromatic heterocycles. The van der Waals surface area contributed by atoms with E-state index in [9.17, 15) is 9.90 Å². The van der Waals surface area contributed by atoms with Gasteiger partial charge in [0.05, 0.1) is 0 Å². The van der Waals surface area contributed by atoms with Gasteiger partial charge >= 0.3 is 0 Å². The summed E-state index contributed by atoms with van der Waals surface area (Å²) in [4.78, 5) is 12.1. The topological polar surface area (TPSA) is 69.6 Å². The van der Waals surface area contributed by atoms with Crippen molar-refractivity contribution in [1.29, 1.82) is 0 Å². The smallest absolute Gasteiger partial charge is 0.243 e. The van der Waals surface area contributed by atoms with Gasteiger partial charge in [-0.1, -0.05) is 41.5 Å². The van der Waals surface area contributed by atoms with Gasteiger partial charge in [0.1, 0.15) is 5.75 Å². The molecule has 0 radical (unpaired) electrons. The van der Waals surface area contributed by atoms with Crippen molar-refractivity contribution >= 4 is 17.7 Å². The Balaban J connectivity index is 2.89. The molecule has 0 bridgehead atoms. The molecule has 0 unspecified atom stereocenters. The third kappa shape index (κ3) is 6.02. The van der Waals surface area contributed by atoms with Crippen molar-refractivity contribution in [3.05, 3.63) is 23.3 Å². The number of phenolic OH excluding ortho intramolecular Hbond substituents is 1. The molecule has 1 rings (SSSR count). The molecule has 0 saturated carbocycles. The van der Waals surface area contributed by atoms with Crippen molar-refractivity contribution < 1.29 is 15.1 Å². The van der Waals surface area contributed by atoms with Crippen molar-refractivity contribution in [1.82, 2.24) is 5.48 Å². The molecule has 5 heteroatoms. The molecule has 136 valence electrons. The van der Waals surface area contributed by atoms with Gasteiger partial charge in [-0.2, -0.15) is 0 Å². The van der Waals surface area contributed by atoms with Crippen molar-refractivity contribution in [2.45, 2.75) is 76.5 Å². The monoisotopic (exact) mass is 353 g/mol. The first-order valence-corrected chi connectivity index (χ1v) is 9.39. The molecule has 0 saturated heterocycles. The van der Waals surface area contributed by atoms with E-state index in [-0.39, 0.29) is 16.7 Å². The number of rotatable bonds is 6. The fourth-order valence-electron chi connectivity index (χ4n) is 2.47. The lowest BCUT2D eigenvalue weighted by atomic mass is 9.79. The first-order valence-electron chi connectivity index (χ1n) is 8.40. The Hall–Kier alpha value is -1.20. The zero-order chi connectivity index (χ0) is 18.5. The highest BCUT2D eigenvalue weighted by Gasteiger charge is 2.26. The van der Waals surface area contributed by atoms with Crippen molar-refractivity contribution in [2.75, 3.05) is 5.75 Å². The Morgan fingerprint density at radius 3 is 1.96 bits per heavy atom. The number of carbonyl (C=O) groups excluding carboxylic acids is 1. The minimum Gasteiger partial charge on any atom is -0.507 e. The molecular weight excluding hydrogens is 322 g/mol. The van der Waals surface area contributed by atoms with Crippen LogP contribution in [-0.2, 0) is 15.6 Å². The molecule has 0 atom stereocenters. The van der Waals surface area contributed by atoms with Gasteiger partial charge in [0.25, 0.3) is 0 Å². The Morgan fingerprint density at radius 1 is 1.04 bits per heavy atom. The second kappa shape index (κ2) is 8.26. The zero-order valence-corrected chi connectivity index (χ0v) is 16.5. The van der Waals surface area contributed by atoms with Crippen LogP contribution in [0.2, 0.25) is 0 Å². The van der Waals surface area contributed by atoms with Gasteiger partial charge in [0.2, 0.25) is 5.91 Å². The van der Waals surface area contributed by atoms with E-state index in [1.54, 1.807) is 17.2 Å². The van der Waals surface area contributed by atoms with Crippen molar-refractivity contribution in [3.63, 3.8) is 0 Å². The summed E-state index contributed by atoms with van der Waals surface area (Å²) in [5.74, 6) is 0.963. The van der Waals surface area contributed by atoms with Crippen LogP contribution in [0.5, 0.6) is 5.75 Å². The van der Waals surface area contributed by atoms with E-state index in [0.717, 1.165) is 34.6 Å². The number of thioether (sulfide) groups is 1. The molecule has 4 nitrogen and oxygen atoms in total. The Kier molecular flexibility index (Phi) is 7.17. The van der Waals surface area contributed by atoms with Gasteiger partial charge in [-0.05, 0) is 41.6 Å². The van der Waals surface area contributed by atoms with Crippen LogP contribution in [0, 0.1) is 0 Å². The molecule has 0 aliphatic heterocycles. The number of benzene rings is 1. The van der Waals surface area contributed by atoms with Gasteiger partial charge in [-0.15, -0.1) is 11.8 Å². The van der Waals surface area contributed by atoms with Crippen LogP contribution in [0.4, 0.5) is 0 Å². The molecule has 3 N–H and O–H groups in total. The molecule has 0 spiro atoms. The van der Waals surface area contributed by atoms with Crippen LogP contribution < -0.4 is 5.48 Å². The highest BCUT2D eigenvalue weighted by molar-refractivity contribution is 7.99. The van der Waals surface area contributed by atoms with E-state index in [2.05, 4.69) is 53.7 Å². The number of hydroxylamine groups is 1. The van der Waals surface area contributed by atoms with Crippen LogP contribution in [0.15, 0.2) is 17.0 Å². The summed E-state index contributed by atoms with van der Waals surface area (Å²) >= 11 is 1.74. The average Bonchev–Trinajstić information content (AvgIpc) is 2.45. The second-order valence-corrected chi connectivity index (χ2v) is 9.38. The average molecular weight is 354 g/mol. The number of amides is 1. The maximum atomic E-state index is 11.0. The Labute approximate surface area is 150 Å². The molecule has 1 amide bonds. The van der Waals surface area contributed by atoms with E-state index in [4.69, 9.17) is 5.21 Å². The number of nitrogens with one attached hydrogen (secondary N) is 1. The van der Waals surface area contributed by atoms with Crippen LogP contribution in [0.25, 0.3) is 0 Å². The largest absolute Gasteiger partial charge is 0.507 e. The third-order valence-corrected chi connectivity index (χ3v) is 4.95. The quantitative estimate of drug-likeness (QED) is 0.299. The number of hydrogen-bond donors (Lipinski definition) is 3. The normalized spacial score (nSPS) is 12.3. The van der Waals surface area contributed by atoms with Crippen LogP contribution in [0.3, 0.4) is 0 Å². The van der Waals surface area contributed by atoms with Gasteiger partial charge in [0, 0.05) is 22.4 Å². The summed E-state index contributed by atoms with van der Waals surface area (Å²) in [6.45, 7) is 12.6. The van der Waals surface area contributed by atoms with Crippen LogP contribution >= 0.6 is 11.8 Å². The predicted octanol–water partition coefficient (Wildman–Crippen LogP) is 4.76. The molecule has 0 aliphatic carbocycles. The van der Waals surface area contributed by atoms with Gasteiger partial charge in [0.15, 0.2) is 0 Å². The summed E-state index contributed by atoms with van der Waals surface area (Å²) in [7, 11) is 0. The highest BCUT2D eigenvalue weighted by atomic mass is 32.2. The lowest BCUT2D eigenvalue weighted by Crippen LogP contribution is -2.17. The predicted molar refractivity (Wildman–Crippen MR) is 100 cm³/mol. The molecule has 0 heterocycles. The summed E-state index contributed by atoms with van der Waals surface area (Å²) in [6, 6.07) is 4.16. The zero-order valence-electron chi connectivity index (χ0n) is 15.7. The molecule has 0 fully saturated rings. The lowest BCUT2D eigenvalue weighted by molar-refractivity contribution is -0.129. The van der Waals surface area contributed by atoms with Crippen LogP contribution in [0.1, 0.15) is 71.9 Å². The fraction of sp³-hybridized carbons (Fsp3) is 0.632. The van der Waals surface area contributed by atoms with E-state index in [0.29, 0.717) is 12.2 Å². The first kappa shape index (κ1) is 20.8. The fourth-order valence-corrected chi connectivity index (χ4v) is 3.45. The van der Waals surface area contributed by atoms with Gasteiger partial charge in [-0.25, -0.2) is 5.48 Å². The number of aromatic hydroxyl groups is 1. The molecule has 0 aliphatic rings. The first-order chi connectivity index (χ1) is 11.0. The van der Waals surface area contributed by atoms with E-state index in [1.165, 1.54) is 0 Å². The molecular formula is C19H31NO3S. The standard InChI is InChI=1S/C19H31NO3S/c1-18(2,3)14-11-13(12-15(17(14)22)19(4,5)6)24-10-8-7-9-16(21)20-23/h11-12,22-23H,7-10H2,1-6H3,(H,20,21). The van der Waals surface area contributed by atoms with Crippen molar-refractivity contribution in [2.24, 2.45) is 0 Å². The Morgan fingerprint density at radius 2 is 1.54 bits per heavy atom. The van der Waals surface area contributed by atoms with E-state index in [1.807, 2.05) is 0 Å². The molecule has 24 heavy (non-hydrogen) atoms. The number of hydrogen-bond acceptors (Lipinski definition) is 4. The molecule has 1 aromatic rings. The van der Waals surface area contributed by atoms with Gasteiger partial charge in [-0.3, -0.25) is 10.0 Å². The minimum absolute atomic E-state index is 0.125. The van der Waals surface area contributed by atoms with Crippen molar-refractivity contribution in [3.8, 4) is 5.75 Å². The maximum absolute atomic E-state index is 11.0. The summed E-state index contributed by atoms with van der Waals surface area (Å²) < 4.78 is 0. The lowest BCUT2D eigenvalue weighted by Gasteiger charge is -2.28. The highest BCUT2D eigenvalue weighted by Crippen LogP contribution is 2.41. The minimum atomic E-state index is -0.338. The summed E-state index contributed by atoms with van der Waals surface area (Å²) in [5.41, 5.74) is 3.34. The Bertz CT molecular complexity index is 536. The van der Waals surface area contributed by atoms with E-state index < -0.39 is 0 Å². The second-order valence-electron chi connectivity index (χ2n) is 8.21. The van der Waals surface area contributed by atoms with Gasteiger partial charge < -0.3 is 5.11 Å². The molecule has 1 aromatic carbocycles. The number of carbonyl (C=O) groups is 1. The maximum Gasteiger partial charge on any atom is 0.243 e. The summed E-state index contributed by atoms with van der Waals surface area (Å²) in [6.07, 6.45) is 1.98. The SMILES string of the molecule is CC(C)(C)c1cc(SCCCCC(=O)NO)cc(C(C)(C)C)c1O. The van der Waals surface area contributed by atoms with E-state index >= 15 is 0 Å². The third-order valence-electron chi connectivity index (χ3n) is 3.89. The summed E-state index contributed by atoms with van der Waals surface area (Å²) in [5, 5.41) is 19.2. The number of phenols is 1. The van der Waals surface area contributed by atoms with Crippen LogP contribution in [-0.4, -0.2) is 22.0 Å².